The molecule has 162 valence electrons. The second kappa shape index (κ2) is 8.23. The maximum absolute atomic E-state index is 13.1. The monoisotopic (exact) mass is 463 g/mol. The van der Waals surface area contributed by atoms with Crippen LogP contribution in [0.2, 0.25) is 0 Å². The van der Waals surface area contributed by atoms with Crippen LogP contribution in [0.25, 0.3) is 0 Å². The van der Waals surface area contributed by atoms with Gasteiger partial charge in [-0.3, -0.25) is 4.79 Å². The number of anilines is 2. The number of halogens is 2. The zero-order valence-corrected chi connectivity index (χ0v) is 19.2. The van der Waals surface area contributed by atoms with Gasteiger partial charge in [-0.1, -0.05) is 0 Å². The van der Waals surface area contributed by atoms with Gasteiger partial charge in [0.1, 0.15) is 4.33 Å². The van der Waals surface area contributed by atoms with Gasteiger partial charge < -0.3 is 15.0 Å². The van der Waals surface area contributed by atoms with Crippen molar-refractivity contribution in [1.82, 2.24) is 4.31 Å². The summed E-state index contributed by atoms with van der Waals surface area (Å²) in [4.78, 5) is 15.0. The summed E-state index contributed by atoms with van der Waals surface area (Å²) in [7, 11) is -3.69. The molecule has 0 radical (unpaired) electrons. The maximum atomic E-state index is 13.1. The van der Waals surface area contributed by atoms with Crippen molar-refractivity contribution in [2.24, 2.45) is 5.41 Å². The first kappa shape index (κ1) is 22.6. The van der Waals surface area contributed by atoms with Crippen LogP contribution >= 0.6 is 23.2 Å². The first-order chi connectivity index (χ1) is 13.6. The fraction of sp³-hybridized carbons (Fsp3) is 0.632. The Kier molecular flexibility index (Phi) is 6.42. The van der Waals surface area contributed by atoms with Crippen LogP contribution < -0.4 is 10.2 Å². The number of amides is 1. The summed E-state index contributed by atoms with van der Waals surface area (Å²) in [6.45, 7) is 8.47. The molecule has 1 saturated carbocycles. The van der Waals surface area contributed by atoms with Gasteiger partial charge in [0.2, 0.25) is 15.9 Å². The number of nitrogens with zero attached hydrogens (tertiary/aromatic N) is 2. The average Bonchev–Trinajstić information content (AvgIpc) is 3.23. The minimum absolute atomic E-state index is 0.134. The van der Waals surface area contributed by atoms with Gasteiger partial charge in [0.25, 0.3) is 0 Å². The van der Waals surface area contributed by atoms with Crippen molar-refractivity contribution in [3.8, 4) is 0 Å². The van der Waals surface area contributed by atoms with Crippen molar-refractivity contribution >= 4 is 50.5 Å². The number of carbonyl (C=O) groups is 1. The van der Waals surface area contributed by atoms with Crippen LogP contribution in [-0.4, -0.2) is 62.4 Å². The zero-order chi connectivity index (χ0) is 21.4. The van der Waals surface area contributed by atoms with Crippen molar-refractivity contribution in [3.05, 3.63) is 18.2 Å². The molecule has 7 nitrogen and oxygen atoms in total. The van der Waals surface area contributed by atoms with Crippen molar-refractivity contribution in [2.45, 2.75) is 36.4 Å². The van der Waals surface area contributed by atoms with Crippen LogP contribution in [0, 0.1) is 5.41 Å². The van der Waals surface area contributed by atoms with E-state index >= 15 is 0 Å². The molecule has 3 rings (SSSR count). The molecule has 1 aliphatic heterocycles. The number of rotatable bonds is 7. The van der Waals surface area contributed by atoms with E-state index in [-0.39, 0.29) is 10.8 Å². The standard InChI is InChI=1S/C19H27Cl2N3O4S/c1-4-23(5-2)16-7-6-14(29(26,27)24-8-10-28-11-9-24)12-15(16)22-17(25)18(3)13-19(18,20)21/h6-7,12H,4-5,8-11,13H2,1-3H3,(H,22,25). The first-order valence-electron chi connectivity index (χ1n) is 9.73. The molecule has 1 aliphatic carbocycles. The molecule has 0 aromatic heterocycles. The van der Waals surface area contributed by atoms with Gasteiger partial charge in [0.05, 0.1) is 34.9 Å². The van der Waals surface area contributed by atoms with Gasteiger partial charge in [-0.15, -0.1) is 23.2 Å². The lowest BCUT2D eigenvalue weighted by Gasteiger charge is -2.28. The Balaban J connectivity index is 1.97. The van der Waals surface area contributed by atoms with E-state index in [1.165, 1.54) is 10.4 Å². The normalized spacial score (nSPS) is 24.2. The van der Waals surface area contributed by atoms with Crippen LogP contribution in [-0.2, 0) is 19.6 Å². The van der Waals surface area contributed by atoms with E-state index in [9.17, 15) is 13.2 Å². The highest BCUT2D eigenvalue weighted by Gasteiger charge is 2.68. The van der Waals surface area contributed by atoms with Gasteiger partial charge in [0, 0.05) is 26.2 Å². The Labute approximate surface area is 182 Å². The van der Waals surface area contributed by atoms with Gasteiger partial charge in [-0.25, -0.2) is 8.42 Å². The summed E-state index contributed by atoms with van der Waals surface area (Å²) in [6, 6.07) is 4.84. The van der Waals surface area contributed by atoms with E-state index in [0.717, 1.165) is 5.69 Å². The third kappa shape index (κ3) is 4.23. The van der Waals surface area contributed by atoms with E-state index in [1.54, 1.807) is 19.1 Å². The molecule has 0 bridgehead atoms. The molecule has 2 fully saturated rings. The molecular weight excluding hydrogens is 437 g/mol. The molecular formula is C19H27Cl2N3O4S. The number of nitrogens with one attached hydrogen (secondary N) is 1. The van der Waals surface area contributed by atoms with Gasteiger partial charge in [0.15, 0.2) is 0 Å². The van der Waals surface area contributed by atoms with Crippen LogP contribution in [0.3, 0.4) is 0 Å². The topological polar surface area (TPSA) is 79.0 Å². The summed E-state index contributed by atoms with van der Waals surface area (Å²) >= 11 is 12.3. The Morgan fingerprint density at radius 1 is 1.24 bits per heavy atom. The van der Waals surface area contributed by atoms with E-state index in [4.69, 9.17) is 27.9 Å². The zero-order valence-electron chi connectivity index (χ0n) is 16.9. The molecule has 0 spiro atoms. The number of alkyl halides is 2. The maximum Gasteiger partial charge on any atom is 0.243 e. The first-order valence-corrected chi connectivity index (χ1v) is 11.9. The van der Waals surface area contributed by atoms with Crippen molar-refractivity contribution < 1.29 is 17.9 Å². The lowest BCUT2D eigenvalue weighted by molar-refractivity contribution is -0.120. The minimum atomic E-state index is -3.69. The smallest absolute Gasteiger partial charge is 0.243 e. The summed E-state index contributed by atoms with van der Waals surface area (Å²) in [5, 5.41) is 2.88. The predicted octanol–water partition coefficient (Wildman–Crippen LogP) is 3.08. The fourth-order valence-corrected chi connectivity index (χ4v) is 5.60. The van der Waals surface area contributed by atoms with E-state index in [2.05, 4.69) is 5.32 Å². The summed E-state index contributed by atoms with van der Waals surface area (Å²) < 4.78 is 31.7. The van der Waals surface area contributed by atoms with E-state index < -0.39 is 19.8 Å². The van der Waals surface area contributed by atoms with E-state index in [1.807, 2.05) is 18.7 Å². The van der Waals surface area contributed by atoms with Gasteiger partial charge in [-0.05, 0) is 45.4 Å². The molecule has 1 amide bonds. The molecule has 29 heavy (non-hydrogen) atoms. The molecule has 1 atom stereocenters. The third-order valence-electron chi connectivity index (χ3n) is 5.69. The van der Waals surface area contributed by atoms with E-state index in [0.29, 0.717) is 51.5 Å². The Bertz CT molecular complexity index is 883. The molecule has 2 aliphatic rings. The molecule has 1 unspecified atom stereocenters. The number of carbonyl (C=O) groups excluding carboxylic acids is 1. The Morgan fingerprint density at radius 3 is 2.34 bits per heavy atom. The number of sulfonamides is 1. The Morgan fingerprint density at radius 2 is 1.83 bits per heavy atom. The van der Waals surface area contributed by atoms with Gasteiger partial charge in [-0.2, -0.15) is 4.31 Å². The van der Waals surface area contributed by atoms with Gasteiger partial charge >= 0.3 is 0 Å². The highest BCUT2D eigenvalue weighted by Crippen LogP contribution is 2.64. The lowest BCUT2D eigenvalue weighted by Crippen LogP contribution is -2.40. The van der Waals surface area contributed by atoms with Crippen LogP contribution in [0.4, 0.5) is 11.4 Å². The quantitative estimate of drug-likeness (QED) is 0.628. The number of morpholine rings is 1. The molecule has 10 heteroatoms. The average molecular weight is 464 g/mol. The largest absolute Gasteiger partial charge is 0.379 e. The third-order valence-corrected chi connectivity index (χ3v) is 8.68. The predicted molar refractivity (Wildman–Crippen MR) is 115 cm³/mol. The highest BCUT2D eigenvalue weighted by molar-refractivity contribution is 7.89. The van der Waals surface area contributed by atoms with Crippen molar-refractivity contribution in [2.75, 3.05) is 49.6 Å². The molecule has 1 aromatic carbocycles. The molecule has 1 heterocycles. The molecule has 1 aromatic rings. The SMILES string of the molecule is CCN(CC)c1ccc(S(=O)(=O)N2CCOCC2)cc1NC(=O)C1(C)CC1(Cl)Cl. The summed E-state index contributed by atoms with van der Waals surface area (Å²) in [5.74, 6) is -0.322. The van der Waals surface area contributed by atoms with Crippen LogP contribution in [0.1, 0.15) is 27.2 Å². The van der Waals surface area contributed by atoms with Crippen LogP contribution in [0.5, 0.6) is 0 Å². The number of hydrogen-bond donors (Lipinski definition) is 1. The van der Waals surface area contributed by atoms with Crippen LogP contribution in [0.15, 0.2) is 23.1 Å². The second-order valence-corrected chi connectivity index (χ2v) is 11.0. The summed E-state index contributed by atoms with van der Waals surface area (Å²) in [6.07, 6.45) is 0.349. The number of benzene rings is 1. The molecule has 1 saturated heterocycles. The van der Waals surface area contributed by atoms with Crippen molar-refractivity contribution in [3.63, 3.8) is 0 Å². The number of hydrogen-bond acceptors (Lipinski definition) is 5. The second-order valence-electron chi connectivity index (χ2n) is 7.54. The molecule has 1 N–H and O–H groups in total. The Hall–Kier alpha value is -1.06. The fourth-order valence-electron chi connectivity index (χ4n) is 3.46. The highest BCUT2D eigenvalue weighted by atomic mass is 35.5. The van der Waals surface area contributed by atoms with Crippen molar-refractivity contribution in [1.29, 1.82) is 0 Å². The minimum Gasteiger partial charge on any atom is -0.379 e. The number of ether oxygens (including phenoxy) is 1. The summed E-state index contributed by atoms with van der Waals surface area (Å²) in [5.41, 5.74) is 0.281. The lowest BCUT2D eigenvalue weighted by atomic mass is 10.1.